The molecule has 0 aromatic carbocycles. The van der Waals surface area contributed by atoms with Crippen molar-refractivity contribution in [3.8, 4) is 0 Å². The summed E-state index contributed by atoms with van der Waals surface area (Å²) < 4.78 is 4.71. The van der Waals surface area contributed by atoms with Crippen LogP contribution in [0, 0.1) is 0 Å². The molecule has 1 atom stereocenters. The van der Waals surface area contributed by atoms with E-state index >= 15 is 0 Å². The molecule has 1 aromatic rings. The van der Waals surface area contributed by atoms with Crippen LogP contribution in [0.1, 0.15) is 19.2 Å². The maximum atomic E-state index is 4.71. The fraction of sp³-hybridized carbons (Fsp3) is 0.800. The predicted octanol–water partition coefficient (Wildman–Crippen LogP) is 0.296. The van der Waals surface area contributed by atoms with Gasteiger partial charge < -0.3 is 14.7 Å². The fourth-order valence-electron chi connectivity index (χ4n) is 1.96. The van der Waals surface area contributed by atoms with Crippen molar-refractivity contribution in [3.05, 3.63) is 12.2 Å². The van der Waals surface area contributed by atoms with Gasteiger partial charge in [-0.3, -0.25) is 0 Å². The summed E-state index contributed by atoms with van der Waals surface area (Å²) in [4.78, 5) is 6.48. The van der Waals surface area contributed by atoms with Crippen LogP contribution in [0.15, 0.2) is 10.9 Å². The Morgan fingerprint density at radius 2 is 2.60 bits per heavy atom. The molecule has 1 N–H and O–H groups in total. The van der Waals surface area contributed by atoms with Gasteiger partial charge in [0.05, 0.1) is 0 Å². The largest absolute Gasteiger partial charge is 0.343 e. The summed E-state index contributed by atoms with van der Waals surface area (Å²) in [7, 11) is 0. The van der Waals surface area contributed by atoms with Crippen molar-refractivity contribution in [1.29, 1.82) is 0 Å². The second-order valence-electron chi connectivity index (χ2n) is 4.11. The monoisotopic (exact) mass is 210 g/mol. The van der Waals surface area contributed by atoms with Gasteiger partial charge in [-0.2, -0.15) is 4.98 Å². The Labute approximate surface area is 89.8 Å². The molecule has 1 aromatic heterocycles. The molecule has 0 radical (unpaired) electrons. The first-order valence-electron chi connectivity index (χ1n) is 5.55. The SMILES string of the molecule is CC1CN(CCc2ncon2)CCCN1. The van der Waals surface area contributed by atoms with Crippen molar-refractivity contribution < 1.29 is 4.52 Å². The van der Waals surface area contributed by atoms with Gasteiger partial charge >= 0.3 is 0 Å². The molecule has 1 aliphatic rings. The smallest absolute Gasteiger partial charge is 0.213 e. The maximum Gasteiger partial charge on any atom is 0.213 e. The summed E-state index contributed by atoms with van der Waals surface area (Å²) in [5, 5.41) is 7.29. The number of nitrogens with zero attached hydrogens (tertiary/aromatic N) is 3. The number of aromatic nitrogens is 2. The third-order valence-corrected chi connectivity index (χ3v) is 2.73. The normalized spacial score (nSPS) is 23.9. The van der Waals surface area contributed by atoms with E-state index in [1.165, 1.54) is 12.8 Å². The van der Waals surface area contributed by atoms with Crippen LogP contribution in [0.2, 0.25) is 0 Å². The average molecular weight is 210 g/mol. The zero-order valence-corrected chi connectivity index (χ0v) is 9.15. The van der Waals surface area contributed by atoms with E-state index in [2.05, 4.69) is 27.3 Å². The van der Waals surface area contributed by atoms with Gasteiger partial charge in [0.25, 0.3) is 0 Å². The van der Waals surface area contributed by atoms with Crippen molar-refractivity contribution in [1.82, 2.24) is 20.4 Å². The van der Waals surface area contributed by atoms with Crippen molar-refractivity contribution in [3.63, 3.8) is 0 Å². The van der Waals surface area contributed by atoms with Gasteiger partial charge in [0, 0.05) is 25.6 Å². The third kappa shape index (κ3) is 3.28. The van der Waals surface area contributed by atoms with Gasteiger partial charge in [-0.1, -0.05) is 5.16 Å². The molecule has 5 heteroatoms. The molecule has 15 heavy (non-hydrogen) atoms. The van der Waals surface area contributed by atoms with E-state index < -0.39 is 0 Å². The highest BCUT2D eigenvalue weighted by Crippen LogP contribution is 2.01. The van der Waals surface area contributed by atoms with Crippen LogP contribution in [0.25, 0.3) is 0 Å². The lowest BCUT2D eigenvalue weighted by Crippen LogP contribution is -2.36. The minimum Gasteiger partial charge on any atom is -0.343 e. The van der Waals surface area contributed by atoms with Crippen LogP contribution >= 0.6 is 0 Å². The second-order valence-corrected chi connectivity index (χ2v) is 4.11. The molecule has 1 aliphatic heterocycles. The first-order valence-corrected chi connectivity index (χ1v) is 5.55. The highest BCUT2D eigenvalue weighted by atomic mass is 16.5. The lowest BCUT2D eigenvalue weighted by Gasteiger charge is -2.21. The second kappa shape index (κ2) is 5.23. The van der Waals surface area contributed by atoms with E-state index in [4.69, 9.17) is 4.52 Å². The Morgan fingerprint density at radius 1 is 1.67 bits per heavy atom. The van der Waals surface area contributed by atoms with Crippen LogP contribution < -0.4 is 5.32 Å². The van der Waals surface area contributed by atoms with Crippen LogP contribution in [0.5, 0.6) is 0 Å². The van der Waals surface area contributed by atoms with E-state index in [0.29, 0.717) is 6.04 Å². The van der Waals surface area contributed by atoms with Gasteiger partial charge in [-0.05, 0) is 26.4 Å². The Balaban J connectivity index is 1.78. The Hall–Kier alpha value is -0.940. The zero-order valence-electron chi connectivity index (χ0n) is 9.15. The standard InChI is InChI=1S/C10H18N4O/c1-9-7-14(5-2-4-11-9)6-3-10-12-8-15-13-10/h8-9,11H,2-7H2,1H3. The average Bonchev–Trinajstić information content (AvgIpc) is 2.65. The molecule has 1 fully saturated rings. The van der Waals surface area contributed by atoms with Gasteiger partial charge in [-0.15, -0.1) is 0 Å². The Bertz CT molecular complexity index is 275. The highest BCUT2D eigenvalue weighted by molar-refractivity contribution is 4.81. The molecule has 1 unspecified atom stereocenters. The van der Waals surface area contributed by atoms with E-state index in [-0.39, 0.29) is 0 Å². The minimum absolute atomic E-state index is 0.581. The van der Waals surface area contributed by atoms with Gasteiger partial charge in [0.1, 0.15) is 0 Å². The Morgan fingerprint density at radius 3 is 3.40 bits per heavy atom. The van der Waals surface area contributed by atoms with Crippen molar-refractivity contribution in [2.45, 2.75) is 25.8 Å². The summed E-state index contributed by atoms with van der Waals surface area (Å²) in [6.45, 7) is 6.64. The molecule has 0 aliphatic carbocycles. The minimum atomic E-state index is 0.581. The van der Waals surface area contributed by atoms with E-state index in [0.717, 1.165) is 38.4 Å². The molecule has 0 bridgehead atoms. The number of hydrogen-bond acceptors (Lipinski definition) is 5. The molecule has 1 saturated heterocycles. The summed E-state index contributed by atoms with van der Waals surface area (Å²) >= 11 is 0. The van der Waals surface area contributed by atoms with E-state index in [1.807, 2.05) is 0 Å². The number of nitrogens with one attached hydrogen (secondary N) is 1. The first kappa shape index (κ1) is 10.6. The lowest BCUT2D eigenvalue weighted by molar-refractivity contribution is 0.273. The van der Waals surface area contributed by atoms with Crippen LogP contribution in [-0.2, 0) is 6.42 Å². The van der Waals surface area contributed by atoms with Gasteiger partial charge in [0.15, 0.2) is 5.82 Å². The van der Waals surface area contributed by atoms with Crippen molar-refractivity contribution >= 4 is 0 Å². The molecule has 84 valence electrons. The Kier molecular flexibility index (Phi) is 3.69. The van der Waals surface area contributed by atoms with E-state index in [9.17, 15) is 0 Å². The molecule has 0 amide bonds. The van der Waals surface area contributed by atoms with Crippen LogP contribution in [0.3, 0.4) is 0 Å². The summed E-state index contributed by atoms with van der Waals surface area (Å²) in [5.41, 5.74) is 0. The van der Waals surface area contributed by atoms with Crippen LogP contribution in [-0.4, -0.2) is 47.3 Å². The van der Waals surface area contributed by atoms with Gasteiger partial charge in [-0.25, -0.2) is 0 Å². The van der Waals surface area contributed by atoms with Crippen molar-refractivity contribution in [2.24, 2.45) is 0 Å². The van der Waals surface area contributed by atoms with Crippen LogP contribution in [0.4, 0.5) is 0 Å². The summed E-state index contributed by atoms with van der Waals surface area (Å²) in [5.74, 6) is 0.805. The lowest BCUT2D eigenvalue weighted by atomic mass is 10.3. The predicted molar refractivity (Wildman–Crippen MR) is 56.5 cm³/mol. The fourth-order valence-corrected chi connectivity index (χ4v) is 1.96. The highest BCUT2D eigenvalue weighted by Gasteiger charge is 2.14. The van der Waals surface area contributed by atoms with Crippen molar-refractivity contribution in [2.75, 3.05) is 26.2 Å². The molecule has 5 nitrogen and oxygen atoms in total. The quantitative estimate of drug-likeness (QED) is 0.777. The first-order chi connectivity index (χ1) is 7.34. The molecule has 0 spiro atoms. The zero-order chi connectivity index (χ0) is 10.5. The molecular weight excluding hydrogens is 192 g/mol. The molecule has 2 rings (SSSR count). The summed E-state index contributed by atoms with van der Waals surface area (Å²) in [6, 6.07) is 0.581. The summed E-state index contributed by atoms with van der Waals surface area (Å²) in [6.07, 6.45) is 3.49. The maximum absolute atomic E-state index is 4.71. The topological polar surface area (TPSA) is 54.2 Å². The van der Waals surface area contributed by atoms with Gasteiger partial charge in [0.2, 0.25) is 6.39 Å². The molecular formula is C10H18N4O. The molecule has 0 saturated carbocycles. The number of rotatable bonds is 3. The number of hydrogen-bond donors (Lipinski definition) is 1. The molecule has 2 heterocycles. The third-order valence-electron chi connectivity index (χ3n) is 2.73. The van der Waals surface area contributed by atoms with E-state index in [1.54, 1.807) is 0 Å².